The van der Waals surface area contributed by atoms with Gasteiger partial charge in [0.2, 0.25) is 5.78 Å². The van der Waals surface area contributed by atoms with Crippen molar-refractivity contribution in [2.24, 2.45) is 0 Å². The second kappa shape index (κ2) is 5.94. The number of ketones is 1. The Kier molecular flexibility index (Phi) is 4.29. The van der Waals surface area contributed by atoms with E-state index in [0.717, 1.165) is 18.0 Å². The van der Waals surface area contributed by atoms with Crippen LogP contribution in [0.2, 0.25) is 5.02 Å². The van der Waals surface area contributed by atoms with Gasteiger partial charge in [-0.05, 0) is 24.3 Å². The second-order valence-corrected chi connectivity index (χ2v) is 5.32. The molecule has 0 amide bonds. The Morgan fingerprint density at radius 2 is 2.11 bits per heavy atom. The number of hydrogen-bond acceptors (Lipinski definition) is 4. The van der Waals surface area contributed by atoms with Gasteiger partial charge in [-0.15, -0.1) is 0 Å². The largest absolute Gasteiger partial charge is 0.386 e. The van der Waals surface area contributed by atoms with E-state index in [4.69, 9.17) is 16.9 Å². The standard InChI is InChI=1S/C13H11ClN2OS/c14-10-3-1-9(2-4-10)13(17)11(7-15)12-8-18-6-5-16-12/h1-4,16H,5-6,8H2/b12-11-. The Hall–Kier alpha value is -1.44. The highest BCUT2D eigenvalue weighted by atomic mass is 35.5. The van der Waals surface area contributed by atoms with Crippen LogP contribution in [-0.4, -0.2) is 23.8 Å². The monoisotopic (exact) mass is 278 g/mol. The first kappa shape index (κ1) is 13.0. The van der Waals surface area contributed by atoms with Crippen LogP contribution in [0.25, 0.3) is 0 Å². The quantitative estimate of drug-likeness (QED) is 0.513. The third-order valence-electron chi connectivity index (χ3n) is 2.58. The summed E-state index contributed by atoms with van der Waals surface area (Å²) >= 11 is 7.49. The minimum Gasteiger partial charge on any atom is -0.386 e. The fourth-order valence-corrected chi connectivity index (χ4v) is 2.63. The summed E-state index contributed by atoms with van der Waals surface area (Å²) in [5.74, 6) is 1.43. The van der Waals surface area contributed by atoms with Gasteiger partial charge in [-0.2, -0.15) is 17.0 Å². The van der Waals surface area contributed by atoms with Crippen LogP contribution in [0.5, 0.6) is 0 Å². The van der Waals surface area contributed by atoms with Gasteiger partial charge >= 0.3 is 0 Å². The number of carbonyl (C=O) groups is 1. The molecule has 1 aliphatic rings. The average Bonchev–Trinajstić information content (AvgIpc) is 2.41. The van der Waals surface area contributed by atoms with E-state index < -0.39 is 0 Å². The molecule has 0 radical (unpaired) electrons. The molecule has 2 rings (SSSR count). The third-order valence-corrected chi connectivity index (χ3v) is 3.82. The maximum atomic E-state index is 12.2. The minimum atomic E-state index is -0.251. The maximum absolute atomic E-state index is 12.2. The Balaban J connectivity index is 2.31. The van der Waals surface area contributed by atoms with Gasteiger partial charge < -0.3 is 5.32 Å². The number of benzene rings is 1. The molecule has 0 spiro atoms. The summed E-state index contributed by atoms with van der Waals surface area (Å²) in [5.41, 5.74) is 1.42. The number of nitrogens with one attached hydrogen (secondary N) is 1. The maximum Gasteiger partial charge on any atom is 0.205 e. The molecule has 1 aromatic rings. The Morgan fingerprint density at radius 3 is 2.67 bits per heavy atom. The number of nitriles is 1. The van der Waals surface area contributed by atoms with Gasteiger partial charge in [0.25, 0.3) is 0 Å². The Morgan fingerprint density at radius 1 is 1.39 bits per heavy atom. The molecule has 1 aromatic carbocycles. The van der Waals surface area contributed by atoms with Gasteiger partial charge in [0.05, 0.1) is 0 Å². The van der Waals surface area contributed by atoms with Gasteiger partial charge in [0.1, 0.15) is 11.6 Å². The predicted octanol–water partition coefficient (Wildman–Crippen LogP) is 2.64. The number of hydrogen-bond donors (Lipinski definition) is 1. The number of nitrogens with zero attached hydrogens (tertiary/aromatic N) is 1. The van der Waals surface area contributed by atoms with E-state index in [2.05, 4.69) is 5.32 Å². The van der Waals surface area contributed by atoms with E-state index in [1.54, 1.807) is 36.0 Å². The lowest BCUT2D eigenvalue weighted by molar-refractivity contribution is 0.103. The molecular formula is C13H11ClN2OS. The van der Waals surface area contributed by atoms with Crippen molar-refractivity contribution in [3.8, 4) is 6.07 Å². The van der Waals surface area contributed by atoms with E-state index >= 15 is 0 Å². The van der Waals surface area contributed by atoms with E-state index in [0.29, 0.717) is 16.3 Å². The van der Waals surface area contributed by atoms with Crippen molar-refractivity contribution >= 4 is 29.1 Å². The fourth-order valence-electron chi connectivity index (χ4n) is 1.66. The van der Waals surface area contributed by atoms with Crippen LogP contribution in [0, 0.1) is 11.3 Å². The predicted molar refractivity (Wildman–Crippen MR) is 73.7 cm³/mol. The molecule has 0 bridgehead atoms. The fraction of sp³-hybridized carbons (Fsp3) is 0.231. The number of rotatable bonds is 2. The molecule has 1 heterocycles. The molecule has 5 heteroatoms. The highest BCUT2D eigenvalue weighted by Crippen LogP contribution is 2.18. The molecule has 0 aliphatic carbocycles. The van der Waals surface area contributed by atoms with E-state index in [1.165, 1.54) is 0 Å². The summed E-state index contributed by atoms with van der Waals surface area (Å²) in [6.45, 7) is 0.791. The van der Waals surface area contributed by atoms with Gasteiger partial charge in [-0.3, -0.25) is 4.79 Å². The first-order chi connectivity index (χ1) is 8.72. The highest BCUT2D eigenvalue weighted by molar-refractivity contribution is 7.99. The lowest BCUT2D eigenvalue weighted by Gasteiger charge is -2.17. The normalized spacial score (nSPS) is 17.6. The number of allylic oxidation sites excluding steroid dienone is 1. The molecule has 1 fully saturated rings. The molecule has 1 saturated heterocycles. The first-order valence-electron chi connectivity index (χ1n) is 5.47. The van der Waals surface area contributed by atoms with Crippen LogP contribution < -0.4 is 5.32 Å². The molecule has 0 saturated carbocycles. The Labute approximate surface area is 115 Å². The number of halogens is 1. The lowest BCUT2D eigenvalue weighted by Crippen LogP contribution is -2.26. The van der Waals surface area contributed by atoms with Crippen LogP contribution in [0.15, 0.2) is 35.5 Å². The number of thioether (sulfide) groups is 1. The van der Waals surface area contributed by atoms with Gasteiger partial charge in [0, 0.05) is 34.3 Å². The van der Waals surface area contributed by atoms with Gasteiger partial charge in [-0.1, -0.05) is 11.6 Å². The van der Waals surface area contributed by atoms with Crippen molar-refractivity contribution in [2.75, 3.05) is 18.1 Å². The smallest absolute Gasteiger partial charge is 0.205 e. The topological polar surface area (TPSA) is 52.9 Å². The van der Waals surface area contributed by atoms with Gasteiger partial charge in [-0.25, -0.2) is 0 Å². The van der Waals surface area contributed by atoms with Crippen LogP contribution in [-0.2, 0) is 0 Å². The molecule has 1 aliphatic heterocycles. The summed E-state index contributed by atoms with van der Waals surface area (Å²) in [6.07, 6.45) is 0. The number of Topliss-reactive ketones (excluding diaryl/α,β-unsaturated/α-hetero) is 1. The number of carbonyl (C=O) groups excluding carboxylic acids is 1. The molecule has 18 heavy (non-hydrogen) atoms. The van der Waals surface area contributed by atoms with Crippen LogP contribution in [0.4, 0.5) is 0 Å². The lowest BCUT2D eigenvalue weighted by atomic mass is 10.0. The molecule has 0 aromatic heterocycles. The van der Waals surface area contributed by atoms with E-state index in [9.17, 15) is 4.79 Å². The zero-order valence-corrected chi connectivity index (χ0v) is 11.1. The minimum absolute atomic E-state index is 0.199. The van der Waals surface area contributed by atoms with Crippen molar-refractivity contribution in [2.45, 2.75) is 0 Å². The summed E-state index contributed by atoms with van der Waals surface area (Å²) in [4.78, 5) is 12.2. The summed E-state index contributed by atoms with van der Waals surface area (Å²) < 4.78 is 0. The first-order valence-corrected chi connectivity index (χ1v) is 7.01. The molecule has 92 valence electrons. The summed E-state index contributed by atoms with van der Waals surface area (Å²) in [5, 5.41) is 12.9. The zero-order chi connectivity index (χ0) is 13.0. The summed E-state index contributed by atoms with van der Waals surface area (Å²) in [6, 6.07) is 8.58. The molecular weight excluding hydrogens is 268 g/mol. The zero-order valence-electron chi connectivity index (χ0n) is 9.57. The van der Waals surface area contributed by atoms with Crippen molar-refractivity contribution < 1.29 is 4.79 Å². The average molecular weight is 279 g/mol. The summed E-state index contributed by atoms with van der Waals surface area (Å²) in [7, 11) is 0. The van der Waals surface area contributed by atoms with Crippen LogP contribution >= 0.6 is 23.4 Å². The molecule has 3 nitrogen and oxygen atoms in total. The van der Waals surface area contributed by atoms with Crippen molar-refractivity contribution in [3.63, 3.8) is 0 Å². The Bertz CT molecular complexity index is 523. The van der Waals surface area contributed by atoms with Crippen LogP contribution in [0.1, 0.15) is 10.4 Å². The van der Waals surface area contributed by atoms with Crippen molar-refractivity contribution in [1.82, 2.24) is 5.32 Å². The van der Waals surface area contributed by atoms with E-state index in [-0.39, 0.29) is 11.4 Å². The second-order valence-electron chi connectivity index (χ2n) is 3.78. The van der Waals surface area contributed by atoms with E-state index in [1.807, 2.05) is 6.07 Å². The molecule has 0 atom stereocenters. The molecule has 1 N–H and O–H groups in total. The van der Waals surface area contributed by atoms with Crippen LogP contribution in [0.3, 0.4) is 0 Å². The van der Waals surface area contributed by atoms with Crippen molar-refractivity contribution in [3.05, 3.63) is 46.1 Å². The molecule has 0 unspecified atom stereocenters. The SMILES string of the molecule is N#C/C(C(=O)c1ccc(Cl)cc1)=C1\CSCCN1. The highest BCUT2D eigenvalue weighted by Gasteiger charge is 2.18. The van der Waals surface area contributed by atoms with Gasteiger partial charge in [0.15, 0.2) is 0 Å². The third kappa shape index (κ3) is 2.87. The van der Waals surface area contributed by atoms with Crippen molar-refractivity contribution in [1.29, 1.82) is 5.26 Å².